The molecular weight excluding hydrogens is 252 g/mol. The number of hydrogen-bond acceptors (Lipinski definition) is 4. The molecule has 6 nitrogen and oxygen atoms in total. The van der Waals surface area contributed by atoms with Crippen molar-refractivity contribution in [1.29, 1.82) is 0 Å². The Morgan fingerprint density at radius 3 is 2.61 bits per heavy atom. The highest BCUT2D eigenvalue weighted by atomic mass is 32.2. The van der Waals surface area contributed by atoms with Crippen LogP contribution in [0.25, 0.3) is 0 Å². The number of hydrogen-bond donors (Lipinski definition) is 1. The molecule has 0 aliphatic carbocycles. The molecule has 104 valence electrons. The molecule has 0 aromatic carbocycles. The maximum absolute atomic E-state index is 12.4. The Bertz CT molecular complexity index is 493. The van der Waals surface area contributed by atoms with Gasteiger partial charge in [0.25, 0.3) is 0 Å². The van der Waals surface area contributed by atoms with E-state index < -0.39 is 15.6 Å². The van der Waals surface area contributed by atoms with Crippen molar-refractivity contribution in [3.8, 4) is 0 Å². The van der Waals surface area contributed by atoms with Crippen LogP contribution in [0, 0.1) is 0 Å². The van der Waals surface area contributed by atoms with Gasteiger partial charge < -0.3 is 5.73 Å². The van der Waals surface area contributed by atoms with Crippen molar-refractivity contribution < 1.29 is 8.42 Å². The van der Waals surface area contributed by atoms with E-state index in [0.29, 0.717) is 13.1 Å². The minimum absolute atomic E-state index is 0.208. The molecule has 0 amide bonds. The van der Waals surface area contributed by atoms with Crippen LogP contribution in [0.1, 0.15) is 27.2 Å². The van der Waals surface area contributed by atoms with Gasteiger partial charge in [0.05, 0.1) is 12.7 Å². The van der Waals surface area contributed by atoms with Crippen LogP contribution >= 0.6 is 0 Å². The van der Waals surface area contributed by atoms with Crippen LogP contribution < -0.4 is 5.73 Å². The zero-order chi connectivity index (χ0) is 14.0. The highest BCUT2D eigenvalue weighted by Gasteiger charge is 2.33. The summed E-state index contributed by atoms with van der Waals surface area (Å²) in [6, 6.07) is 0. The molecule has 1 rings (SSSR count). The third-order valence-electron chi connectivity index (χ3n) is 3.34. The summed E-state index contributed by atoms with van der Waals surface area (Å²) >= 11 is 0. The van der Waals surface area contributed by atoms with Crippen LogP contribution in [0.3, 0.4) is 0 Å². The van der Waals surface area contributed by atoms with Crippen LogP contribution in [0.15, 0.2) is 17.3 Å². The molecule has 1 aromatic rings. The first kappa shape index (κ1) is 15.1. The molecule has 0 radical (unpaired) electrons. The van der Waals surface area contributed by atoms with Gasteiger partial charge in [-0.3, -0.25) is 4.68 Å². The SMILES string of the molecule is CCC(C)(C)N(C)S(=O)(=O)c1cnn(CCN)c1. The van der Waals surface area contributed by atoms with Gasteiger partial charge in [0.2, 0.25) is 10.0 Å². The molecular formula is C11H22N4O2S. The van der Waals surface area contributed by atoms with E-state index in [4.69, 9.17) is 5.73 Å². The second-order valence-corrected chi connectivity index (χ2v) is 6.84. The van der Waals surface area contributed by atoms with Crippen molar-refractivity contribution in [2.24, 2.45) is 5.73 Å². The fraction of sp³-hybridized carbons (Fsp3) is 0.727. The van der Waals surface area contributed by atoms with Crippen molar-refractivity contribution in [2.45, 2.75) is 44.2 Å². The summed E-state index contributed by atoms with van der Waals surface area (Å²) in [6.45, 7) is 6.70. The molecule has 0 atom stereocenters. The summed E-state index contributed by atoms with van der Waals surface area (Å²) in [5, 5.41) is 3.99. The van der Waals surface area contributed by atoms with E-state index in [1.807, 2.05) is 20.8 Å². The molecule has 0 aliphatic rings. The summed E-state index contributed by atoms with van der Waals surface area (Å²) in [5.41, 5.74) is 4.99. The van der Waals surface area contributed by atoms with Crippen molar-refractivity contribution in [2.75, 3.05) is 13.6 Å². The average Bonchev–Trinajstić information content (AvgIpc) is 2.77. The third kappa shape index (κ3) is 2.90. The fourth-order valence-electron chi connectivity index (χ4n) is 1.44. The standard InChI is InChI=1S/C11H22N4O2S/c1-5-11(2,3)14(4)18(16,17)10-8-13-15(9-10)7-6-12/h8-9H,5-7,12H2,1-4H3. The molecule has 1 heterocycles. The minimum Gasteiger partial charge on any atom is -0.329 e. The van der Waals surface area contributed by atoms with Gasteiger partial charge in [-0.05, 0) is 20.3 Å². The maximum Gasteiger partial charge on any atom is 0.246 e. The smallest absolute Gasteiger partial charge is 0.246 e. The highest BCUT2D eigenvalue weighted by Crippen LogP contribution is 2.24. The van der Waals surface area contributed by atoms with Crippen LogP contribution in [-0.2, 0) is 16.6 Å². The normalized spacial score (nSPS) is 13.2. The maximum atomic E-state index is 12.4. The third-order valence-corrected chi connectivity index (χ3v) is 5.37. The fourth-order valence-corrected chi connectivity index (χ4v) is 2.97. The molecule has 0 bridgehead atoms. The topological polar surface area (TPSA) is 81.2 Å². The molecule has 0 saturated carbocycles. The molecule has 18 heavy (non-hydrogen) atoms. The number of sulfonamides is 1. The van der Waals surface area contributed by atoms with Crippen molar-refractivity contribution >= 4 is 10.0 Å². The van der Waals surface area contributed by atoms with E-state index in [9.17, 15) is 8.42 Å². The molecule has 0 saturated heterocycles. The Morgan fingerprint density at radius 2 is 2.11 bits per heavy atom. The lowest BCUT2D eigenvalue weighted by atomic mass is 10.0. The predicted octanol–water partition coefficient (Wildman–Crippen LogP) is 0.651. The summed E-state index contributed by atoms with van der Waals surface area (Å²) in [6.07, 6.45) is 3.62. The van der Waals surface area contributed by atoms with E-state index >= 15 is 0 Å². The molecule has 2 N–H and O–H groups in total. The monoisotopic (exact) mass is 274 g/mol. The van der Waals surface area contributed by atoms with Gasteiger partial charge in [0.1, 0.15) is 4.90 Å². The second kappa shape index (κ2) is 5.38. The summed E-state index contributed by atoms with van der Waals surface area (Å²) < 4.78 is 27.7. The lowest BCUT2D eigenvalue weighted by molar-refractivity contribution is 0.257. The molecule has 0 fully saturated rings. The lowest BCUT2D eigenvalue weighted by Gasteiger charge is -2.33. The lowest BCUT2D eigenvalue weighted by Crippen LogP contribution is -2.44. The van der Waals surface area contributed by atoms with Gasteiger partial charge in [-0.25, -0.2) is 8.42 Å². The number of nitrogens with zero attached hydrogens (tertiary/aromatic N) is 3. The van der Waals surface area contributed by atoms with Gasteiger partial charge in [-0.2, -0.15) is 9.40 Å². The Morgan fingerprint density at radius 1 is 1.50 bits per heavy atom. The zero-order valence-corrected chi connectivity index (χ0v) is 12.2. The molecule has 1 aromatic heterocycles. The average molecular weight is 274 g/mol. The van der Waals surface area contributed by atoms with E-state index in [-0.39, 0.29) is 4.90 Å². The Hall–Kier alpha value is -0.920. The van der Waals surface area contributed by atoms with Crippen LogP contribution in [0.2, 0.25) is 0 Å². The number of rotatable bonds is 6. The quantitative estimate of drug-likeness (QED) is 0.826. The van der Waals surface area contributed by atoms with Gasteiger partial charge >= 0.3 is 0 Å². The second-order valence-electron chi connectivity index (χ2n) is 4.87. The summed E-state index contributed by atoms with van der Waals surface area (Å²) in [5.74, 6) is 0. The van der Waals surface area contributed by atoms with E-state index in [1.54, 1.807) is 11.7 Å². The Kier molecular flexibility index (Phi) is 4.52. The Balaban J connectivity index is 3.05. The largest absolute Gasteiger partial charge is 0.329 e. The van der Waals surface area contributed by atoms with E-state index in [1.165, 1.54) is 16.7 Å². The van der Waals surface area contributed by atoms with Crippen LogP contribution in [0.5, 0.6) is 0 Å². The van der Waals surface area contributed by atoms with Crippen molar-refractivity contribution in [1.82, 2.24) is 14.1 Å². The first-order chi connectivity index (χ1) is 8.25. The molecule has 0 aliphatic heterocycles. The van der Waals surface area contributed by atoms with Gasteiger partial charge in [-0.15, -0.1) is 0 Å². The first-order valence-corrected chi connectivity index (χ1v) is 7.41. The molecule has 0 unspecified atom stereocenters. The van der Waals surface area contributed by atoms with E-state index in [0.717, 1.165) is 6.42 Å². The van der Waals surface area contributed by atoms with Crippen molar-refractivity contribution in [3.05, 3.63) is 12.4 Å². The van der Waals surface area contributed by atoms with Gasteiger partial charge in [-0.1, -0.05) is 6.92 Å². The highest BCUT2D eigenvalue weighted by molar-refractivity contribution is 7.89. The molecule has 0 spiro atoms. The van der Waals surface area contributed by atoms with Gasteiger partial charge in [0, 0.05) is 25.3 Å². The minimum atomic E-state index is -3.50. The number of nitrogens with two attached hydrogens (primary N) is 1. The molecule has 7 heteroatoms. The van der Waals surface area contributed by atoms with E-state index in [2.05, 4.69) is 5.10 Å². The Labute approximate surface area is 109 Å². The first-order valence-electron chi connectivity index (χ1n) is 5.97. The summed E-state index contributed by atoms with van der Waals surface area (Å²) in [7, 11) is -1.90. The van der Waals surface area contributed by atoms with Crippen LogP contribution in [0.4, 0.5) is 0 Å². The summed E-state index contributed by atoms with van der Waals surface area (Å²) in [4.78, 5) is 0.208. The predicted molar refractivity (Wildman–Crippen MR) is 70.6 cm³/mol. The van der Waals surface area contributed by atoms with Crippen molar-refractivity contribution in [3.63, 3.8) is 0 Å². The van der Waals surface area contributed by atoms with Gasteiger partial charge in [0.15, 0.2) is 0 Å². The zero-order valence-electron chi connectivity index (χ0n) is 11.4. The van der Waals surface area contributed by atoms with Crippen LogP contribution in [-0.4, -0.2) is 41.6 Å². The number of aromatic nitrogens is 2.